The van der Waals surface area contributed by atoms with E-state index in [0.29, 0.717) is 22.0 Å². The molecule has 12 heteroatoms. The number of thioether (sulfide) groups is 1. The summed E-state index contributed by atoms with van der Waals surface area (Å²) in [5.74, 6) is -0.229. The molecule has 2 amide bonds. The van der Waals surface area contributed by atoms with Gasteiger partial charge in [-0.15, -0.1) is 20.4 Å². The van der Waals surface area contributed by atoms with Crippen molar-refractivity contribution in [2.24, 2.45) is 7.05 Å². The van der Waals surface area contributed by atoms with Crippen molar-refractivity contribution in [3.8, 4) is 0 Å². The molecule has 0 saturated heterocycles. The van der Waals surface area contributed by atoms with Crippen molar-refractivity contribution in [1.29, 1.82) is 0 Å². The summed E-state index contributed by atoms with van der Waals surface area (Å²) in [5, 5.41) is 23.8. The maximum atomic E-state index is 13.8. The average molecular weight is 462 g/mol. The minimum Gasteiger partial charge on any atom is -0.342 e. The molecule has 0 radical (unpaired) electrons. The number of benzene rings is 1. The van der Waals surface area contributed by atoms with Crippen LogP contribution in [0.4, 0.5) is 9.52 Å². The minimum absolute atomic E-state index is 0.0377. The molecular weight excluding hydrogens is 441 g/mol. The van der Waals surface area contributed by atoms with Crippen molar-refractivity contribution in [1.82, 2.24) is 30.3 Å². The molecule has 1 aliphatic carbocycles. The maximum absolute atomic E-state index is 13.8. The van der Waals surface area contributed by atoms with Gasteiger partial charge in [0.15, 0.2) is 11.0 Å². The van der Waals surface area contributed by atoms with Crippen LogP contribution in [0.1, 0.15) is 52.9 Å². The number of anilines is 1. The predicted octanol–water partition coefficient (Wildman–Crippen LogP) is 2.90. The van der Waals surface area contributed by atoms with E-state index in [4.69, 9.17) is 0 Å². The summed E-state index contributed by atoms with van der Waals surface area (Å²) in [5.41, 5.74) is -0.0377. The summed E-state index contributed by atoms with van der Waals surface area (Å²) >= 11 is 2.62. The fraction of sp³-hybridized carbons (Fsp3) is 0.368. The lowest BCUT2D eigenvalue weighted by atomic mass is 10.2. The van der Waals surface area contributed by atoms with Gasteiger partial charge in [-0.05, 0) is 31.9 Å². The number of nitrogens with one attached hydrogen (secondary N) is 2. The molecule has 4 rings (SSSR count). The van der Waals surface area contributed by atoms with Crippen molar-refractivity contribution >= 4 is 40.0 Å². The van der Waals surface area contributed by atoms with E-state index >= 15 is 0 Å². The van der Waals surface area contributed by atoms with Crippen molar-refractivity contribution in [3.63, 3.8) is 0 Å². The summed E-state index contributed by atoms with van der Waals surface area (Å²) in [6.07, 6.45) is 2.26. The number of aromatic nitrogens is 5. The van der Waals surface area contributed by atoms with E-state index in [1.165, 1.54) is 41.3 Å². The van der Waals surface area contributed by atoms with E-state index in [2.05, 4.69) is 31.0 Å². The zero-order valence-corrected chi connectivity index (χ0v) is 18.5. The number of nitrogens with zero attached hydrogens (tertiary/aromatic N) is 5. The van der Waals surface area contributed by atoms with Gasteiger partial charge in [0, 0.05) is 13.0 Å². The zero-order chi connectivity index (χ0) is 22.0. The molecule has 3 aromatic rings. The monoisotopic (exact) mass is 461 g/mol. The zero-order valence-electron chi connectivity index (χ0n) is 16.8. The minimum atomic E-state index is -0.591. The Kier molecular flexibility index (Phi) is 6.28. The Bertz CT molecular complexity index is 1110. The third-order valence-electron chi connectivity index (χ3n) is 4.67. The van der Waals surface area contributed by atoms with E-state index in [0.717, 1.165) is 17.8 Å². The van der Waals surface area contributed by atoms with E-state index in [-0.39, 0.29) is 17.2 Å². The molecule has 2 N–H and O–H groups in total. The van der Waals surface area contributed by atoms with Crippen LogP contribution in [0, 0.1) is 5.82 Å². The first-order chi connectivity index (χ1) is 14.9. The molecular formula is C19H20FN7O2S2. The molecule has 1 atom stereocenters. The lowest BCUT2D eigenvalue weighted by Gasteiger charge is -2.14. The second-order valence-electron chi connectivity index (χ2n) is 7.13. The van der Waals surface area contributed by atoms with Crippen LogP contribution >= 0.6 is 23.1 Å². The van der Waals surface area contributed by atoms with Gasteiger partial charge < -0.3 is 9.88 Å². The van der Waals surface area contributed by atoms with Crippen LogP contribution in [-0.2, 0) is 11.8 Å². The first-order valence-corrected chi connectivity index (χ1v) is 11.4. The molecule has 162 valence electrons. The Morgan fingerprint density at radius 3 is 2.77 bits per heavy atom. The molecule has 0 aliphatic heterocycles. The van der Waals surface area contributed by atoms with Crippen LogP contribution < -0.4 is 10.6 Å². The third-order valence-corrected chi connectivity index (χ3v) is 6.69. The number of hydrogen-bond donors (Lipinski definition) is 2. The molecule has 9 nitrogen and oxygen atoms in total. The molecule has 31 heavy (non-hydrogen) atoms. The lowest BCUT2D eigenvalue weighted by Crippen LogP contribution is -2.29. The van der Waals surface area contributed by atoms with E-state index in [9.17, 15) is 14.0 Å². The van der Waals surface area contributed by atoms with Gasteiger partial charge in [0.2, 0.25) is 11.0 Å². The van der Waals surface area contributed by atoms with Gasteiger partial charge in [-0.25, -0.2) is 4.39 Å². The number of hydrogen-bond acceptors (Lipinski definition) is 8. The Labute approximate surface area is 185 Å². The number of carbonyl (C=O) groups is 2. The highest BCUT2D eigenvalue weighted by molar-refractivity contribution is 7.99. The summed E-state index contributed by atoms with van der Waals surface area (Å²) in [6, 6.07) is 5.26. The van der Waals surface area contributed by atoms with Gasteiger partial charge in [-0.2, -0.15) is 0 Å². The highest BCUT2D eigenvalue weighted by Gasteiger charge is 2.28. The molecule has 1 saturated carbocycles. The standard InChI is InChI=1S/C19H20FN7O2S2/c1-10(21-16(29)12-5-3-4-6-13(12)20)15-23-26-19(27(15)2)30-9-14(28)22-18-25-24-17(31-18)11-7-8-11/h3-6,10-11H,7-9H2,1-2H3,(H,21,29)(H,22,25,28)/t10-/m1/s1. The smallest absolute Gasteiger partial charge is 0.254 e. The second-order valence-corrected chi connectivity index (χ2v) is 9.08. The Morgan fingerprint density at radius 2 is 2.03 bits per heavy atom. The topological polar surface area (TPSA) is 115 Å². The van der Waals surface area contributed by atoms with Crippen LogP contribution in [0.15, 0.2) is 29.4 Å². The Hall–Kier alpha value is -2.86. The number of carbonyl (C=O) groups excluding carboxylic acids is 2. The van der Waals surface area contributed by atoms with Crippen molar-refractivity contribution in [2.75, 3.05) is 11.1 Å². The molecule has 1 aliphatic rings. The van der Waals surface area contributed by atoms with Crippen LogP contribution in [-0.4, -0.2) is 42.5 Å². The van der Waals surface area contributed by atoms with Gasteiger partial charge in [0.25, 0.3) is 5.91 Å². The van der Waals surface area contributed by atoms with Gasteiger partial charge in [-0.1, -0.05) is 35.2 Å². The number of amides is 2. The summed E-state index contributed by atoms with van der Waals surface area (Å²) in [6.45, 7) is 1.73. The summed E-state index contributed by atoms with van der Waals surface area (Å²) in [7, 11) is 1.74. The van der Waals surface area contributed by atoms with Gasteiger partial charge in [0.1, 0.15) is 10.8 Å². The molecule has 1 fully saturated rings. The number of halogens is 1. The largest absolute Gasteiger partial charge is 0.342 e. The fourth-order valence-electron chi connectivity index (χ4n) is 2.88. The first-order valence-electron chi connectivity index (χ1n) is 9.63. The summed E-state index contributed by atoms with van der Waals surface area (Å²) in [4.78, 5) is 24.6. The van der Waals surface area contributed by atoms with Crippen LogP contribution in [0.3, 0.4) is 0 Å². The Balaban J connectivity index is 1.32. The van der Waals surface area contributed by atoms with Crippen molar-refractivity contribution < 1.29 is 14.0 Å². The van der Waals surface area contributed by atoms with E-state index in [1.807, 2.05) is 0 Å². The maximum Gasteiger partial charge on any atom is 0.254 e. The summed E-state index contributed by atoms with van der Waals surface area (Å²) < 4.78 is 15.5. The molecule has 0 bridgehead atoms. The van der Waals surface area contributed by atoms with Crippen LogP contribution in [0.5, 0.6) is 0 Å². The quantitative estimate of drug-likeness (QED) is 0.496. The predicted molar refractivity (Wildman–Crippen MR) is 115 cm³/mol. The van der Waals surface area contributed by atoms with Crippen molar-refractivity contribution in [2.45, 2.75) is 36.9 Å². The number of rotatable bonds is 8. The molecule has 0 spiro atoms. The normalized spacial score (nSPS) is 14.3. The van der Waals surface area contributed by atoms with Gasteiger partial charge >= 0.3 is 0 Å². The molecule has 1 aromatic carbocycles. The molecule has 2 aromatic heterocycles. The first kappa shape index (κ1) is 21.4. The van der Waals surface area contributed by atoms with Crippen LogP contribution in [0.25, 0.3) is 0 Å². The lowest BCUT2D eigenvalue weighted by molar-refractivity contribution is -0.113. The molecule has 0 unspecified atom stereocenters. The SMILES string of the molecule is C[C@@H](NC(=O)c1ccccc1F)c1nnc(SCC(=O)Nc2nnc(C3CC3)s2)n1C. The Morgan fingerprint density at radius 1 is 1.26 bits per heavy atom. The van der Waals surface area contributed by atoms with E-state index in [1.54, 1.807) is 24.6 Å². The molecule has 2 heterocycles. The fourth-order valence-corrected chi connectivity index (χ4v) is 4.53. The third kappa shape index (κ3) is 5.07. The second kappa shape index (κ2) is 9.10. The van der Waals surface area contributed by atoms with Crippen molar-refractivity contribution in [3.05, 3.63) is 46.5 Å². The highest BCUT2D eigenvalue weighted by Crippen LogP contribution is 2.42. The van der Waals surface area contributed by atoms with E-state index < -0.39 is 17.8 Å². The van der Waals surface area contributed by atoms with Gasteiger partial charge in [-0.3, -0.25) is 14.9 Å². The van der Waals surface area contributed by atoms with Crippen LogP contribution in [0.2, 0.25) is 0 Å². The highest BCUT2D eigenvalue weighted by atomic mass is 32.2. The van der Waals surface area contributed by atoms with Gasteiger partial charge in [0.05, 0.1) is 17.4 Å². The average Bonchev–Trinajstić information content (AvgIpc) is 3.38.